The number of benzene rings is 1. The number of rotatable bonds is 4. The van der Waals surface area contributed by atoms with Crippen LogP contribution in [0.4, 0.5) is 0 Å². The molecule has 21 heavy (non-hydrogen) atoms. The molecule has 116 valence electrons. The summed E-state index contributed by atoms with van der Waals surface area (Å²) in [4.78, 5) is 2.47. The number of aryl methyl sites for hydroxylation is 1. The van der Waals surface area contributed by atoms with Crippen LogP contribution in [0.5, 0.6) is 5.75 Å². The normalized spacial score (nSPS) is 24.9. The van der Waals surface area contributed by atoms with Gasteiger partial charge in [0.1, 0.15) is 11.9 Å². The molecule has 0 spiro atoms. The fourth-order valence-electron chi connectivity index (χ4n) is 3.01. The average Bonchev–Trinajstić information content (AvgIpc) is 2.52. The van der Waals surface area contributed by atoms with Crippen molar-refractivity contribution in [2.45, 2.75) is 32.0 Å². The lowest BCUT2D eigenvalue weighted by molar-refractivity contribution is -0.100. The van der Waals surface area contributed by atoms with Crippen molar-refractivity contribution in [3.05, 3.63) is 29.8 Å². The number of hydrogen-bond acceptors (Lipinski definition) is 4. The Morgan fingerprint density at radius 2 is 2.00 bits per heavy atom. The van der Waals surface area contributed by atoms with Crippen LogP contribution >= 0.6 is 0 Å². The molecule has 2 fully saturated rings. The monoisotopic (exact) mass is 291 g/mol. The van der Waals surface area contributed by atoms with Gasteiger partial charge in [0, 0.05) is 19.6 Å². The maximum absolute atomic E-state index is 6.14. The first-order chi connectivity index (χ1) is 10.3. The molecule has 0 aliphatic carbocycles. The summed E-state index contributed by atoms with van der Waals surface area (Å²) >= 11 is 0. The van der Waals surface area contributed by atoms with Gasteiger partial charge in [-0.2, -0.15) is 0 Å². The van der Waals surface area contributed by atoms with Crippen molar-refractivity contribution in [2.75, 3.05) is 39.5 Å². The van der Waals surface area contributed by atoms with Crippen LogP contribution in [-0.2, 0) is 9.47 Å². The second-order valence-corrected chi connectivity index (χ2v) is 5.95. The standard InChI is InChI=1S/C17H25NO3/c1-14-4-2-3-5-17(14)21-15-6-8-18(9-7-15)12-16-13-19-10-11-20-16/h2-5,15-16H,6-13H2,1H3/t16-/m0/s1. The zero-order valence-corrected chi connectivity index (χ0v) is 12.8. The van der Waals surface area contributed by atoms with E-state index in [1.165, 1.54) is 5.56 Å². The van der Waals surface area contributed by atoms with Crippen molar-refractivity contribution in [1.29, 1.82) is 0 Å². The van der Waals surface area contributed by atoms with E-state index in [-0.39, 0.29) is 6.10 Å². The predicted molar refractivity (Wildman–Crippen MR) is 81.8 cm³/mol. The first kappa shape index (κ1) is 14.8. The number of ether oxygens (including phenoxy) is 3. The van der Waals surface area contributed by atoms with E-state index in [0.29, 0.717) is 6.10 Å². The zero-order valence-electron chi connectivity index (χ0n) is 12.8. The molecule has 0 radical (unpaired) electrons. The molecule has 2 heterocycles. The maximum Gasteiger partial charge on any atom is 0.122 e. The average molecular weight is 291 g/mol. The van der Waals surface area contributed by atoms with Crippen molar-refractivity contribution >= 4 is 0 Å². The lowest BCUT2D eigenvalue weighted by atomic mass is 10.1. The van der Waals surface area contributed by atoms with Crippen LogP contribution in [0.25, 0.3) is 0 Å². The highest BCUT2D eigenvalue weighted by atomic mass is 16.6. The Bertz CT molecular complexity index is 437. The van der Waals surface area contributed by atoms with Crippen molar-refractivity contribution < 1.29 is 14.2 Å². The zero-order chi connectivity index (χ0) is 14.5. The van der Waals surface area contributed by atoms with Gasteiger partial charge in [0.25, 0.3) is 0 Å². The van der Waals surface area contributed by atoms with Gasteiger partial charge >= 0.3 is 0 Å². The van der Waals surface area contributed by atoms with Gasteiger partial charge in [-0.3, -0.25) is 0 Å². The highest BCUT2D eigenvalue weighted by molar-refractivity contribution is 5.31. The smallest absolute Gasteiger partial charge is 0.122 e. The SMILES string of the molecule is Cc1ccccc1OC1CCN(C[C@H]2COCCO2)CC1. The molecule has 0 aromatic heterocycles. The summed E-state index contributed by atoms with van der Waals surface area (Å²) in [6.45, 7) is 7.45. The second kappa shape index (κ2) is 7.25. The summed E-state index contributed by atoms with van der Waals surface area (Å²) in [5.41, 5.74) is 1.22. The van der Waals surface area contributed by atoms with Gasteiger partial charge in [0.15, 0.2) is 0 Å². The molecule has 4 nitrogen and oxygen atoms in total. The van der Waals surface area contributed by atoms with E-state index in [4.69, 9.17) is 14.2 Å². The number of para-hydroxylation sites is 1. The van der Waals surface area contributed by atoms with Crippen LogP contribution in [0.15, 0.2) is 24.3 Å². The molecule has 0 N–H and O–H groups in total. The van der Waals surface area contributed by atoms with Gasteiger partial charge in [0.05, 0.1) is 25.9 Å². The minimum Gasteiger partial charge on any atom is -0.490 e. The summed E-state index contributed by atoms with van der Waals surface area (Å²) in [5.74, 6) is 1.03. The minimum atomic E-state index is 0.243. The summed E-state index contributed by atoms with van der Waals surface area (Å²) in [7, 11) is 0. The lowest BCUT2D eigenvalue weighted by Gasteiger charge is -2.35. The van der Waals surface area contributed by atoms with Crippen LogP contribution in [0.2, 0.25) is 0 Å². The summed E-state index contributed by atoms with van der Waals surface area (Å²) < 4.78 is 17.3. The maximum atomic E-state index is 6.14. The molecule has 1 atom stereocenters. The molecule has 2 aliphatic rings. The fraction of sp³-hybridized carbons (Fsp3) is 0.647. The van der Waals surface area contributed by atoms with Gasteiger partial charge in [-0.15, -0.1) is 0 Å². The van der Waals surface area contributed by atoms with E-state index in [1.54, 1.807) is 0 Å². The Balaban J connectivity index is 1.43. The van der Waals surface area contributed by atoms with E-state index < -0.39 is 0 Å². The lowest BCUT2D eigenvalue weighted by Crippen LogP contribution is -2.45. The van der Waals surface area contributed by atoms with Gasteiger partial charge in [0.2, 0.25) is 0 Å². The number of hydrogen-bond donors (Lipinski definition) is 0. The molecule has 1 aromatic carbocycles. The highest BCUT2D eigenvalue weighted by Gasteiger charge is 2.24. The number of nitrogens with zero attached hydrogens (tertiary/aromatic N) is 1. The van der Waals surface area contributed by atoms with Gasteiger partial charge in [-0.1, -0.05) is 18.2 Å². The Hall–Kier alpha value is -1.10. The first-order valence-corrected chi connectivity index (χ1v) is 7.95. The molecule has 0 amide bonds. The molecule has 0 saturated carbocycles. The molecule has 0 unspecified atom stereocenters. The molecule has 2 aliphatic heterocycles. The van der Waals surface area contributed by atoms with Crippen LogP contribution < -0.4 is 4.74 Å². The third-order valence-electron chi connectivity index (χ3n) is 4.27. The van der Waals surface area contributed by atoms with Crippen molar-refractivity contribution in [3.8, 4) is 5.75 Å². The van der Waals surface area contributed by atoms with Crippen molar-refractivity contribution in [1.82, 2.24) is 4.90 Å². The Labute approximate surface area is 127 Å². The first-order valence-electron chi connectivity index (χ1n) is 7.95. The largest absolute Gasteiger partial charge is 0.490 e. The van der Waals surface area contributed by atoms with E-state index in [1.807, 2.05) is 6.07 Å². The van der Waals surface area contributed by atoms with Crippen molar-refractivity contribution in [3.63, 3.8) is 0 Å². The Kier molecular flexibility index (Phi) is 5.12. The van der Waals surface area contributed by atoms with Crippen LogP contribution in [0, 0.1) is 6.92 Å². The molecule has 3 rings (SSSR count). The Morgan fingerprint density at radius 1 is 1.19 bits per heavy atom. The quantitative estimate of drug-likeness (QED) is 0.851. The van der Waals surface area contributed by atoms with E-state index in [9.17, 15) is 0 Å². The Morgan fingerprint density at radius 3 is 2.71 bits per heavy atom. The van der Waals surface area contributed by atoms with Crippen molar-refractivity contribution in [2.24, 2.45) is 0 Å². The third kappa shape index (κ3) is 4.19. The molecule has 2 saturated heterocycles. The van der Waals surface area contributed by atoms with E-state index >= 15 is 0 Å². The van der Waals surface area contributed by atoms with Crippen LogP contribution in [0.1, 0.15) is 18.4 Å². The van der Waals surface area contributed by atoms with Gasteiger partial charge in [-0.25, -0.2) is 0 Å². The van der Waals surface area contributed by atoms with E-state index in [2.05, 4.69) is 30.0 Å². The summed E-state index contributed by atoms with van der Waals surface area (Å²) in [5, 5.41) is 0. The molecular weight excluding hydrogens is 266 g/mol. The molecule has 1 aromatic rings. The molecule has 0 bridgehead atoms. The minimum absolute atomic E-state index is 0.243. The summed E-state index contributed by atoms with van der Waals surface area (Å²) in [6, 6.07) is 8.26. The van der Waals surface area contributed by atoms with E-state index in [0.717, 1.165) is 58.0 Å². The summed E-state index contributed by atoms with van der Waals surface area (Å²) in [6.07, 6.45) is 2.75. The van der Waals surface area contributed by atoms with Gasteiger partial charge in [-0.05, 0) is 31.4 Å². The predicted octanol–water partition coefficient (Wildman–Crippen LogP) is 2.25. The second-order valence-electron chi connectivity index (χ2n) is 5.95. The number of piperidine rings is 1. The topological polar surface area (TPSA) is 30.9 Å². The highest BCUT2D eigenvalue weighted by Crippen LogP contribution is 2.22. The van der Waals surface area contributed by atoms with Gasteiger partial charge < -0.3 is 19.1 Å². The fourth-order valence-corrected chi connectivity index (χ4v) is 3.01. The third-order valence-corrected chi connectivity index (χ3v) is 4.27. The molecular formula is C17H25NO3. The molecule has 4 heteroatoms. The van der Waals surface area contributed by atoms with Crippen LogP contribution in [-0.4, -0.2) is 56.6 Å². The number of likely N-dealkylation sites (tertiary alicyclic amines) is 1. The van der Waals surface area contributed by atoms with Crippen LogP contribution in [0.3, 0.4) is 0 Å².